The Balaban J connectivity index is 0.00000128. The second-order valence-electron chi connectivity index (χ2n) is 8.38. The average molecular weight is 528 g/mol. The summed E-state index contributed by atoms with van der Waals surface area (Å²) in [6.07, 6.45) is 6.46. The largest absolute Gasteiger partial charge is 0 e. The molecule has 1 fully saturated rings. The minimum Gasteiger partial charge on any atom is 0 e. The van der Waals surface area contributed by atoms with Crippen molar-refractivity contribution < 1.29 is 37.3 Å². The van der Waals surface area contributed by atoms with E-state index in [4.69, 9.17) is 0 Å². The maximum Gasteiger partial charge on any atom is 0 e. The Morgan fingerprint density at radius 1 is 1.07 bits per heavy atom. The molecular formula is C25H27BGeN2Y-. The summed E-state index contributed by atoms with van der Waals surface area (Å²) in [6, 6.07) is 22.1. The van der Waals surface area contributed by atoms with Crippen LogP contribution in [0.1, 0.15) is 24.0 Å². The van der Waals surface area contributed by atoms with Crippen LogP contribution in [0, 0.1) is 19.1 Å². The number of nitrogens with one attached hydrogen (secondary N) is 1. The molecule has 1 N–H and O–H groups in total. The van der Waals surface area contributed by atoms with E-state index in [2.05, 4.69) is 71.5 Å². The van der Waals surface area contributed by atoms with Crippen LogP contribution >= 0.6 is 0 Å². The Hall–Kier alpha value is -0.738. The molecule has 1 aromatic heterocycles. The second-order valence-corrected chi connectivity index (χ2v) is 16.9. The predicted molar refractivity (Wildman–Crippen MR) is 123 cm³/mol. The Morgan fingerprint density at radius 3 is 2.60 bits per heavy atom. The van der Waals surface area contributed by atoms with Crippen molar-refractivity contribution in [3.63, 3.8) is 0 Å². The molecule has 0 aliphatic carbocycles. The third-order valence-corrected chi connectivity index (χ3v) is 16.7. The molecule has 30 heavy (non-hydrogen) atoms. The molecule has 0 unspecified atom stereocenters. The first kappa shape index (κ1) is 23.9. The first-order valence-electron chi connectivity index (χ1n) is 10.4. The van der Waals surface area contributed by atoms with Crippen molar-refractivity contribution in [1.29, 1.82) is 0 Å². The third kappa shape index (κ3) is 4.28. The van der Waals surface area contributed by atoms with E-state index in [1.165, 1.54) is 46.7 Å². The van der Waals surface area contributed by atoms with E-state index >= 15 is 0 Å². The van der Waals surface area contributed by atoms with Crippen LogP contribution in [0.25, 0.3) is 22.4 Å². The van der Waals surface area contributed by atoms with E-state index in [1.807, 2.05) is 12.1 Å². The van der Waals surface area contributed by atoms with Crippen LogP contribution in [0.15, 0.2) is 48.7 Å². The van der Waals surface area contributed by atoms with Gasteiger partial charge in [0.2, 0.25) is 0 Å². The molecule has 0 saturated carbocycles. The Morgan fingerprint density at radius 2 is 1.87 bits per heavy atom. The molecule has 1 saturated heterocycles. The van der Waals surface area contributed by atoms with E-state index in [1.54, 1.807) is 9.96 Å². The molecule has 2 aliphatic rings. The Labute approximate surface area is 210 Å². The zero-order chi connectivity index (χ0) is 19.1. The predicted octanol–water partition coefficient (Wildman–Crippen LogP) is 3.46. The fourth-order valence-electron chi connectivity index (χ4n) is 5.08. The van der Waals surface area contributed by atoms with E-state index < -0.39 is 13.5 Å². The normalized spacial score (nSPS) is 16.5. The van der Waals surface area contributed by atoms with Gasteiger partial charge in [0.15, 0.2) is 0 Å². The van der Waals surface area contributed by atoms with Gasteiger partial charge in [0.1, 0.15) is 0 Å². The molecule has 4 radical (unpaired) electrons. The molecule has 3 aromatic rings. The van der Waals surface area contributed by atoms with Gasteiger partial charge in [-0.05, 0) is 0 Å². The number of aryl methyl sites for hydroxylation is 2. The summed E-state index contributed by atoms with van der Waals surface area (Å²) < 4.78 is 8.11. The number of rotatable bonds is 2. The van der Waals surface area contributed by atoms with Crippen LogP contribution in [-0.4, -0.2) is 28.4 Å². The molecule has 148 valence electrons. The standard InChI is InChI=1S/C25H27GeN2.B.Y/c1-19-10-11-21(20-8-4-3-5-9-20)16-23(19)25-17-22-12-15-27-26(13-6-7-14-26)24(22)18-28(25)2;;/h3-5,8,10-11,17-18,27H,6-7,12-15H2,1-2H3;;/q-1;;. The molecule has 1 spiro atoms. The number of nitrogens with zero attached hydrogens (tertiary/aromatic N) is 1. The monoisotopic (exact) mass is 529 g/mol. The number of aromatic nitrogens is 1. The number of pyridine rings is 1. The molecule has 5 heteroatoms. The summed E-state index contributed by atoms with van der Waals surface area (Å²) >= 11 is -2.04. The first-order chi connectivity index (χ1) is 13.7. The van der Waals surface area contributed by atoms with Crippen molar-refractivity contribution in [2.24, 2.45) is 7.05 Å². The van der Waals surface area contributed by atoms with Gasteiger partial charge < -0.3 is 0 Å². The second kappa shape index (κ2) is 9.81. The van der Waals surface area contributed by atoms with Gasteiger partial charge in [-0.2, -0.15) is 0 Å². The van der Waals surface area contributed by atoms with E-state index in [-0.39, 0.29) is 41.1 Å². The van der Waals surface area contributed by atoms with Gasteiger partial charge >= 0.3 is 171 Å². The summed E-state index contributed by atoms with van der Waals surface area (Å²) in [7, 11) is 2.21. The summed E-state index contributed by atoms with van der Waals surface area (Å²) in [5.74, 6) is 0. The first-order valence-corrected chi connectivity index (χ1v) is 15.5. The molecule has 3 heterocycles. The Kier molecular flexibility index (Phi) is 7.82. The van der Waals surface area contributed by atoms with Crippen molar-refractivity contribution in [2.45, 2.75) is 36.7 Å². The average Bonchev–Trinajstić information content (AvgIpc) is 3.19. The molecular weight excluding hydrogens is 501 g/mol. The van der Waals surface area contributed by atoms with Crippen LogP contribution in [0.2, 0.25) is 10.5 Å². The maximum atomic E-state index is 4.04. The summed E-state index contributed by atoms with van der Waals surface area (Å²) in [5.41, 5.74) is 7.59. The topological polar surface area (TPSA) is 15.9 Å². The number of hydrogen-bond acceptors (Lipinski definition) is 1. The van der Waals surface area contributed by atoms with Gasteiger partial charge in [-0.3, -0.25) is 0 Å². The van der Waals surface area contributed by atoms with Gasteiger partial charge in [0, 0.05) is 41.1 Å². The quantitative estimate of drug-likeness (QED) is 0.307. The molecule has 2 aliphatic heterocycles. The van der Waals surface area contributed by atoms with Crippen molar-refractivity contribution in [3.05, 3.63) is 71.9 Å². The van der Waals surface area contributed by atoms with Gasteiger partial charge in [0.05, 0.1) is 0 Å². The van der Waals surface area contributed by atoms with Crippen molar-refractivity contribution in [1.82, 2.24) is 4.27 Å². The summed E-state index contributed by atoms with van der Waals surface area (Å²) in [6.45, 7) is 3.36. The van der Waals surface area contributed by atoms with Crippen LogP contribution < -0.4 is 13.2 Å². The molecule has 0 amide bonds. The van der Waals surface area contributed by atoms with Gasteiger partial charge in [-0.25, -0.2) is 0 Å². The van der Waals surface area contributed by atoms with Crippen molar-refractivity contribution >= 4 is 26.3 Å². The fraction of sp³-hybridized carbons (Fsp3) is 0.320. The zero-order valence-corrected chi connectivity index (χ0v) is 22.9. The van der Waals surface area contributed by atoms with Gasteiger partial charge in [-0.15, -0.1) is 0 Å². The third-order valence-electron chi connectivity index (χ3n) is 6.60. The van der Waals surface area contributed by atoms with Gasteiger partial charge in [0.25, 0.3) is 0 Å². The minimum atomic E-state index is -2.04. The van der Waals surface area contributed by atoms with Crippen molar-refractivity contribution in [2.75, 3.05) is 6.54 Å². The minimum absolute atomic E-state index is 0. The molecule has 5 rings (SSSR count). The maximum absolute atomic E-state index is 4.04. The molecule has 0 atom stereocenters. The van der Waals surface area contributed by atoms with Gasteiger partial charge in [-0.1, -0.05) is 0 Å². The molecule has 0 bridgehead atoms. The Bertz CT molecular complexity index is 1030. The van der Waals surface area contributed by atoms with E-state index in [0.29, 0.717) is 0 Å². The molecule has 2 nitrogen and oxygen atoms in total. The van der Waals surface area contributed by atoms with Crippen LogP contribution in [-0.2, 0) is 46.2 Å². The number of benzene rings is 2. The summed E-state index contributed by atoms with van der Waals surface area (Å²) in [5, 5.41) is 2.91. The fourth-order valence-corrected chi connectivity index (χ4v) is 15.4. The number of hydrogen-bond donors (Lipinski definition) is 1. The summed E-state index contributed by atoms with van der Waals surface area (Å²) in [4.78, 5) is 0. The van der Waals surface area contributed by atoms with Crippen LogP contribution in [0.5, 0.6) is 0 Å². The molecule has 2 aromatic carbocycles. The smallest absolute Gasteiger partial charge is 0 e. The SMILES string of the molecule is Cc1ccc(-c2[c-]cccc2)[c-]c1-c1cc2[c](c[n+]1C)[Ge]1([CH2]CC[CH2]1)[NH]CC2.[B].[Y]. The van der Waals surface area contributed by atoms with Crippen LogP contribution in [0.4, 0.5) is 0 Å². The van der Waals surface area contributed by atoms with Crippen molar-refractivity contribution in [3.8, 4) is 22.4 Å². The zero-order valence-electron chi connectivity index (χ0n) is 18.0. The number of fused-ring (bicyclic) bond motifs is 2. The van der Waals surface area contributed by atoms with Crippen LogP contribution in [0.3, 0.4) is 0 Å². The van der Waals surface area contributed by atoms with E-state index in [0.717, 1.165) is 17.5 Å². The van der Waals surface area contributed by atoms with E-state index in [9.17, 15) is 0 Å².